The van der Waals surface area contributed by atoms with Crippen molar-refractivity contribution in [2.75, 3.05) is 6.26 Å². The zero-order valence-corrected chi connectivity index (χ0v) is 15.7. The molecule has 0 saturated carbocycles. The van der Waals surface area contributed by atoms with Crippen LogP contribution in [0.5, 0.6) is 11.5 Å². The molecule has 0 N–H and O–H groups in total. The average Bonchev–Trinajstić information content (AvgIpc) is 2.62. The summed E-state index contributed by atoms with van der Waals surface area (Å²) >= 11 is 0. The van der Waals surface area contributed by atoms with Crippen molar-refractivity contribution in [3.8, 4) is 11.5 Å². The summed E-state index contributed by atoms with van der Waals surface area (Å²) < 4.78 is 33.3. The molecule has 0 fully saturated rings. The van der Waals surface area contributed by atoms with Crippen LogP contribution in [0.1, 0.15) is 28.4 Å². The number of rotatable bonds is 4. The highest BCUT2D eigenvalue weighted by Crippen LogP contribution is 2.37. The van der Waals surface area contributed by atoms with Gasteiger partial charge in [0.1, 0.15) is 11.5 Å². The maximum absolute atomic E-state index is 12.6. The van der Waals surface area contributed by atoms with E-state index in [-0.39, 0.29) is 16.2 Å². The molecule has 3 rings (SSSR count). The number of carbonyl (C=O) groups is 2. The van der Waals surface area contributed by atoms with Gasteiger partial charge in [0, 0.05) is 16.7 Å². The number of fused-ring (bicyclic) bond motifs is 1. The summed E-state index contributed by atoms with van der Waals surface area (Å²) in [5, 5.41) is 0.268. The number of hydrogen-bond acceptors (Lipinski definition) is 6. The third-order valence-corrected chi connectivity index (χ3v) is 4.40. The number of benzene rings is 2. The SMILES string of the molecule is C/C=C1/C(=O)N(OS(C)(=O)=O)C(=O)c2ccc(Oc3ccccc3)c(C)c21. The Morgan fingerprint density at radius 1 is 1.00 bits per heavy atom. The normalized spacial score (nSPS) is 15.8. The summed E-state index contributed by atoms with van der Waals surface area (Å²) in [6.07, 6.45) is 2.27. The van der Waals surface area contributed by atoms with E-state index in [9.17, 15) is 18.0 Å². The van der Waals surface area contributed by atoms with Crippen LogP contribution in [0.25, 0.3) is 5.57 Å². The molecule has 1 aliphatic heterocycles. The van der Waals surface area contributed by atoms with Crippen LogP contribution in [0.3, 0.4) is 0 Å². The number of ether oxygens (including phenoxy) is 1. The van der Waals surface area contributed by atoms with Gasteiger partial charge in [0.05, 0.1) is 11.8 Å². The van der Waals surface area contributed by atoms with E-state index in [4.69, 9.17) is 4.74 Å². The maximum atomic E-state index is 12.6. The second-order valence-electron chi connectivity index (χ2n) is 5.91. The molecule has 0 bridgehead atoms. The lowest BCUT2D eigenvalue weighted by molar-refractivity contribution is -0.141. The predicted octanol–water partition coefficient (Wildman–Crippen LogP) is 3.06. The van der Waals surface area contributed by atoms with Gasteiger partial charge in [0.15, 0.2) is 0 Å². The van der Waals surface area contributed by atoms with Crippen LogP contribution in [0.4, 0.5) is 0 Å². The number of carbonyl (C=O) groups excluding carboxylic acids is 2. The molecule has 1 heterocycles. The Morgan fingerprint density at radius 2 is 1.67 bits per heavy atom. The van der Waals surface area contributed by atoms with Crippen molar-refractivity contribution < 1.29 is 27.0 Å². The van der Waals surface area contributed by atoms with Crippen molar-refractivity contribution in [3.05, 3.63) is 65.2 Å². The Kier molecular flexibility index (Phi) is 4.86. The highest BCUT2D eigenvalue weighted by molar-refractivity contribution is 7.85. The first-order chi connectivity index (χ1) is 12.7. The maximum Gasteiger partial charge on any atom is 0.286 e. The van der Waals surface area contributed by atoms with Crippen LogP contribution in [0.15, 0.2) is 48.5 Å². The van der Waals surface area contributed by atoms with Gasteiger partial charge in [-0.2, -0.15) is 8.42 Å². The Bertz CT molecular complexity index is 1060. The zero-order chi connectivity index (χ0) is 19.8. The monoisotopic (exact) mass is 387 g/mol. The highest BCUT2D eigenvalue weighted by Gasteiger charge is 2.39. The summed E-state index contributed by atoms with van der Waals surface area (Å²) in [5.74, 6) is -0.601. The predicted molar refractivity (Wildman–Crippen MR) is 98.5 cm³/mol. The number of nitrogens with zero attached hydrogens (tertiary/aromatic N) is 1. The second kappa shape index (κ2) is 6.98. The number of amides is 2. The first-order valence-electron chi connectivity index (χ1n) is 8.04. The van der Waals surface area contributed by atoms with E-state index in [0.717, 1.165) is 6.26 Å². The van der Waals surface area contributed by atoms with Crippen molar-refractivity contribution in [1.29, 1.82) is 0 Å². The molecule has 1 aliphatic rings. The zero-order valence-electron chi connectivity index (χ0n) is 14.9. The molecular weight excluding hydrogens is 370 g/mol. The lowest BCUT2D eigenvalue weighted by atomic mass is 9.90. The number of imide groups is 1. The van der Waals surface area contributed by atoms with Gasteiger partial charge >= 0.3 is 0 Å². The van der Waals surface area contributed by atoms with E-state index in [1.807, 2.05) is 18.2 Å². The minimum Gasteiger partial charge on any atom is -0.457 e. The van der Waals surface area contributed by atoms with Crippen LogP contribution in [0, 0.1) is 6.92 Å². The van der Waals surface area contributed by atoms with Gasteiger partial charge < -0.3 is 4.74 Å². The van der Waals surface area contributed by atoms with Gasteiger partial charge in [-0.25, -0.2) is 0 Å². The Balaban J connectivity index is 2.10. The molecule has 0 saturated heterocycles. The van der Waals surface area contributed by atoms with Gasteiger partial charge in [-0.05, 0) is 38.1 Å². The smallest absolute Gasteiger partial charge is 0.286 e. The van der Waals surface area contributed by atoms with Crippen LogP contribution in [-0.2, 0) is 19.2 Å². The summed E-state index contributed by atoms with van der Waals surface area (Å²) in [4.78, 5) is 25.3. The average molecular weight is 387 g/mol. The van der Waals surface area contributed by atoms with Crippen LogP contribution in [0.2, 0.25) is 0 Å². The molecule has 0 radical (unpaired) electrons. The van der Waals surface area contributed by atoms with Crippen molar-refractivity contribution >= 4 is 27.5 Å². The van der Waals surface area contributed by atoms with Crippen molar-refractivity contribution in [1.82, 2.24) is 5.06 Å². The molecule has 0 aliphatic carbocycles. The quantitative estimate of drug-likeness (QED) is 0.592. The summed E-state index contributed by atoms with van der Waals surface area (Å²) in [6.45, 7) is 3.35. The fourth-order valence-electron chi connectivity index (χ4n) is 2.83. The first-order valence-corrected chi connectivity index (χ1v) is 9.86. The molecule has 2 aromatic carbocycles. The number of para-hydroxylation sites is 1. The highest BCUT2D eigenvalue weighted by atomic mass is 32.2. The summed E-state index contributed by atoms with van der Waals surface area (Å²) in [7, 11) is -4.05. The van der Waals surface area contributed by atoms with Crippen LogP contribution < -0.4 is 4.74 Å². The van der Waals surface area contributed by atoms with Crippen LogP contribution >= 0.6 is 0 Å². The molecule has 2 aromatic rings. The van der Waals surface area contributed by atoms with E-state index < -0.39 is 21.9 Å². The number of hydroxylamine groups is 2. The molecule has 8 heteroatoms. The van der Waals surface area contributed by atoms with E-state index in [0.29, 0.717) is 22.6 Å². The molecule has 2 amide bonds. The number of hydrogen-bond donors (Lipinski definition) is 0. The Hall–Kier alpha value is -2.97. The largest absolute Gasteiger partial charge is 0.457 e. The topological polar surface area (TPSA) is 90.0 Å². The molecule has 7 nitrogen and oxygen atoms in total. The third-order valence-electron chi connectivity index (χ3n) is 3.98. The fourth-order valence-corrected chi connectivity index (χ4v) is 3.24. The van der Waals surface area contributed by atoms with E-state index in [1.165, 1.54) is 12.1 Å². The molecular formula is C19H17NO6S. The Labute approximate surface area is 156 Å². The van der Waals surface area contributed by atoms with Gasteiger partial charge in [0.2, 0.25) is 0 Å². The van der Waals surface area contributed by atoms with Gasteiger partial charge in [-0.1, -0.05) is 24.3 Å². The van der Waals surface area contributed by atoms with Gasteiger partial charge in [-0.3, -0.25) is 9.59 Å². The van der Waals surface area contributed by atoms with E-state index in [1.54, 1.807) is 32.0 Å². The minimum absolute atomic E-state index is 0.157. The van der Waals surface area contributed by atoms with Gasteiger partial charge in [-0.15, -0.1) is 9.35 Å². The molecule has 140 valence electrons. The molecule has 0 atom stereocenters. The molecule has 0 unspecified atom stereocenters. The minimum atomic E-state index is -4.05. The molecule has 0 aromatic heterocycles. The third kappa shape index (κ3) is 3.62. The van der Waals surface area contributed by atoms with Crippen LogP contribution in [-0.4, -0.2) is 31.6 Å². The van der Waals surface area contributed by atoms with Gasteiger partial charge in [0.25, 0.3) is 21.9 Å². The molecule has 0 spiro atoms. The fraction of sp³-hybridized carbons (Fsp3) is 0.158. The lowest BCUT2D eigenvalue weighted by Crippen LogP contribution is -2.43. The summed E-state index contributed by atoms with van der Waals surface area (Å²) in [6, 6.07) is 12.2. The van der Waals surface area contributed by atoms with E-state index >= 15 is 0 Å². The van der Waals surface area contributed by atoms with Crippen molar-refractivity contribution in [3.63, 3.8) is 0 Å². The molecule has 27 heavy (non-hydrogen) atoms. The van der Waals surface area contributed by atoms with E-state index in [2.05, 4.69) is 4.28 Å². The second-order valence-corrected chi connectivity index (χ2v) is 7.47. The Morgan fingerprint density at radius 3 is 2.26 bits per heavy atom. The van der Waals surface area contributed by atoms with Crippen molar-refractivity contribution in [2.24, 2.45) is 0 Å². The number of allylic oxidation sites excluding steroid dienone is 1. The lowest BCUT2D eigenvalue weighted by Gasteiger charge is -2.28. The van der Waals surface area contributed by atoms with Crippen molar-refractivity contribution in [2.45, 2.75) is 13.8 Å². The summed E-state index contributed by atoms with van der Waals surface area (Å²) in [5.41, 5.74) is 1.30. The standard InChI is InChI=1S/C19H17NO6S/c1-4-14-17-12(2)16(25-13-8-6-5-7-9-13)11-10-15(17)19(22)20(18(14)21)26-27(3,23)24/h4-11H,1-3H3/b14-4+. The first kappa shape index (κ1) is 18.8.